The molecule has 2 fully saturated rings. The molecule has 3 nitrogen and oxygen atoms in total. The molecule has 0 aliphatic carbocycles. The van der Waals surface area contributed by atoms with E-state index in [1.54, 1.807) is 0 Å². The first kappa shape index (κ1) is 15.8. The van der Waals surface area contributed by atoms with Crippen LogP contribution in [0.4, 0.5) is 0 Å². The zero-order chi connectivity index (χ0) is 13.4. The largest absolute Gasteiger partial charge is 0.339 e. The van der Waals surface area contributed by atoms with Crippen molar-refractivity contribution in [2.45, 2.75) is 43.8 Å². The molecule has 1 amide bonds. The molecule has 2 saturated heterocycles. The molecule has 2 aliphatic rings. The second-order valence-corrected chi connectivity index (χ2v) is 6.51. The average molecular weight is 360 g/mol. The molecule has 0 radical (unpaired) electrons. The number of nitrogens with zero attached hydrogens (tertiary/aromatic N) is 1. The number of amides is 1. The van der Waals surface area contributed by atoms with Crippen LogP contribution in [0, 0.1) is 0 Å². The van der Waals surface area contributed by atoms with Crippen LogP contribution in [0.3, 0.4) is 0 Å². The second kappa shape index (κ2) is 6.46. The van der Waals surface area contributed by atoms with Gasteiger partial charge >= 0.3 is 0 Å². The molecule has 3 rings (SSSR count). The Kier molecular flexibility index (Phi) is 5.10. The highest BCUT2D eigenvalue weighted by Crippen LogP contribution is 2.30. The van der Waals surface area contributed by atoms with Crippen molar-refractivity contribution in [1.29, 1.82) is 0 Å². The summed E-state index contributed by atoms with van der Waals surface area (Å²) >= 11 is 3.47. The number of fused-ring (bicyclic) bond motifs is 2. The van der Waals surface area contributed by atoms with E-state index in [-0.39, 0.29) is 18.3 Å². The molecule has 2 bridgehead atoms. The van der Waals surface area contributed by atoms with Crippen LogP contribution in [-0.4, -0.2) is 36.0 Å². The normalized spacial score (nSPS) is 27.8. The van der Waals surface area contributed by atoms with E-state index in [1.807, 2.05) is 36.2 Å². The van der Waals surface area contributed by atoms with Crippen LogP contribution in [0.15, 0.2) is 28.7 Å². The lowest BCUT2D eigenvalue weighted by Gasteiger charge is -2.35. The second-order valence-electron chi connectivity index (χ2n) is 5.66. The molecule has 2 atom stereocenters. The van der Waals surface area contributed by atoms with Crippen LogP contribution in [0.2, 0.25) is 0 Å². The van der Waals surface area contributed by atoms with Gasteiger partial charge in [-0.25, -0.2) is 0 Å². The minimum atomic E-state index is 0. The molecule has 5 heteroatoms. The van der Waals surface area contributed by atoms with Gasteiger partial charge in [-0.05, 0) is 53.7 Å². The van der Waals surface area contributed by atoms with E-state index in [0.717, 1.165) is 22.9 Å². The summed E-state index contributed by atoms with van der Waals surface area (Å²) in [5, 5.41) is 3.62. The molecular formula is C15H20BrClN2O. The summed E-state index contributed by atoms with van der Waals surface area (Å²) in [6.45, 7) is 0. The van der Waals surface area contributed by atoms with Crippen molar-refractivity contribution < 1.29 is 4.79 Å². The maximum Gasteiger partial charge on any atom is 0.254 e. The van der Waals surface area contributed by atoms with Crippen LogP contribution >= 0.6 is 28.3 Å². The molecule has 2 unspecified atom stereocenters. The van der Waals surface area contributed by atoms with E-state index in [4.69, 9.17) is 0 Å². The predicted octanol–water partition coefficient (Wildman–Crippen LogP) is 3.23. The third kappa shape index (κ3) is 3.02. The van der Waals surface area contributed by atoms with E-state index in [2.05, 4.69) is 21.2 Å². The average Bonchev–Trinajstić information content (AvgIpc) is 2.76. The Morgan fingerprint density at radius 3 is 2.45 bits per heavy atom. The third-order valence-electron chi connectivity index (χ3n) is 4.42. The zero-order valence-electron chi connectivity index (χ0n) is 11.5. The van der Waals surface area contributed by atoms with E-state index < -0.39 is 0 Å². The number of piperidine rings is 1. The van der Waals surface area contributed by atoms with E-state index in [9.17, 15) is 4.79 Å². The van der Waals surface area contributed by atoms with Crippen LogP contribution in [0.5, 0.6) is 0 Å². The number of hydrogen-bond acceptors (Lipinski definition) is 2. The van der Waals surface area contributed by atoms with Gasteiger partial charge in [0, 0.05) is 29.6 Å². The highest BCUT2D eigenvalue weighted by atomic mass is 79.9. The lowest BCUT2D eigenvalue weighted by atomic mass is 9.98. The van der Waals surface area contributed by atoms with Gasteiger partial charge in [-0.1, -0.05) is 12.1 Å². The minimum absolute atomic E-state index is 0. The summed E-state index contributed by atoms with van der Waals surface area (Å²) in [4.78, 5) is 14.5. The maximum absolute atomic E-state index is 12.6. The molecule has 0 spiro atoms. The van der Waals surface area contributed by atoms with Crippen LogP contribution in [0.1, 0.15) is 36.0 Å². The molecule has 2 heterocycles. The van der Waals surface area contributed by atoms with Crippen molar-refractivity contribution in [3.8, 4) is 0 Å². The van der Waals surface area contributed by atoms with E-state index in [1.165, 1.54) is 12.8 Å². The van der Waals surface area contributed by atoms with Gasteiger partial charge in [-0.2, -0.15) is 0 Å². The fraction of sp³-hybridized carbons (Fsp3) is 0.533. The molecular weight excluding hydrogens is 340 g/mol. The van der Waals surface area contributed by atoms with Crippen molar-refractivity contribution in [3.05, 3.63) is 34.3 Å². The fourth-order valence-corrected chi connectivity index (χ4v) is 3.79. The van der Waals surface area contributed by atoms with Gasteiger partial charge < -0.3 is 10.2 Å². The molecule has 20 heavy (non-hydrogen) atoms. The Morgan fingerprint density at radius 1 is 1.25 bits per heavy atom. The molecule has 110 valence electrons. The summed E-state index contributed by atoms with van der Waals surface area (Å²) in [7, 11) is 1.94. The van der Waals surface area contributed by atoms with Crippen molar-refractivity contribution >= 4 is 34.2 Å². The predicted molar refractivity (Wildman–Crippen MR) is 86.5 cm³/mol. The lowest BCUT2D eigenvalue weighted by molar-refractivity contribution is 0.0681. The van der Waals surface area contributed by atoms with Crippen molar-refractivity contribution in [2.24, 2.45) is 0 Å². The highest BCUT2D eigenvalue weighted by molar-refractivity contribution is 9.10. The summed E-state index contributed by atoms with van der Waals surface area (Å²) < 4.78 is 0.878. The number of carbonyl (C=O) groups is 1. The standard InChI is InChI=1S/C15H19BrN2O.ClH/c1-18(12-8-10-6-7-11(9-12)17-10)15(19)13-4-2-3-5-14(13)16;/h2-5,10-12,17H,6-9H2,1H3;1H. The molecule has 1 aromatic rings. The van der Waals surface area contributed by atoms with Crippen molar-refractivity contribution in [2.75, 3.05) is 7.05 Å². The first-order valence-electron chi connectivity index (χ1n) is 6.93. The number of nitrogens with one attached hydrogen (secondary N) is 1. The van der Waals surface area contributed by atoms with Gasteiger partial charge in [0.1, 0.15) is 0 Å². The summed E-state index contributed by atoms with van der Waals surface area (Å²) in [5.74, 6) is 0.124. The van der Waals surface area contributed by atoms with Gasteiger partial charge in [0.25, 0.3) is 5.91 Å². The third-order valence-corrected chi connectivity index (χ3v) is 5.11. The Labute approximate surface area is 134 Å². The summed E-state index contributed by atoms with van der Waals surface area (Å²) in [5.41, 5.74) is 0.760. The highest BCUT2D eigenvalue weighted by Gasteiger charge is 2.36. The Hall–Kier alpha value is -0.580. The Balaban J connectivity index is 0.00000147. The number of rotatable bonds is 2. The Morgan fingerprint density at radius 2 is 1.85 bits per heavy atom. The summed E-state index contributed by atoms with van der Waals surface area (Å²) in [6, 6.07) is 9.25. The monoisotopic (exact) mass is 358 g/mol. The molecule has 0 saturated carbocycles. The van der Waals surface area contributed by atoms with Crippen molar-refractivity contribution in [1.82, 2.24) is 10.2 Å². The van der Waals surface area contributed by atoms with Crippen LogP contribution in [-0.2, 0) is 0 Å². The molecule has 0 aromatic heterocycles. The number of benzene rings is 1. The first-order valence-corrected chi connectivity index (χ1v) is 7.72. The van der Waals surface area contributed by atoms with Gasteiger partial charge in [0.05, 0.1) is 5.56 Å². The Bertz CT molecular complexity index is 485. The quantitative estimate of drug-likeness (QED) is 0.879. The number of halogens is 2. The van der Waals surface area contributed by atoms with Gasteiger partial charge in [0.2, 0.25) is 0 Å². The topological polar surface area (TPSA) is 32.3 Å². The molecule has 1 N–H and O–H groups in total. The van der Waals surface area contributed by atoms with Gasteiger partial charge in [-0.15, -0.1) is 12.4 Å². The van der Waals surface area contributed by atoms with Gasteiger partial charge in [-0.3, -0.25) is 4.79 Å². The molecule has 2 aliphatic heterocycles. The number of hydrogen-bond donors (Lipinski definition) is 1. The fourth-order valence-electron chi connectivity index (χ4n) is 3.33. The minimum Gasteiger partial charge on any atom is -0.339 e. The van der Waals surface area contributed by atoms with E-state index >= 15 is 0 Å². The summed E-state index contributed by atoms with van der Waals surface area (Å²) in [6.07, 6.45) is 4.70. The first-order chi connectivity index (χ1) is 9.15. The lowest BCUT2D eigenvalue weighted by Crippen LogP contribution is -2.48. The van der Waals surface area contributed by atoms with Crippen LogP contribution in [0.25, 0.3) is 0 Å². The van der Waals surface area contributed by atoms with Crippen LogP contribution < -0.4 is 5.32 Å². The van der Waals surface area contributed by atoms with Gasteiger partial charge in [0.15, 0.2) is 0 Å². The SMILES string of the molecule is CN(C(=O)c1ccccc1Br)C1CC2CCC(C1)N2.Cl. The smallest absolute Gasteiger partial charge is 0.254 e. The zero-order valence-corrected chi connectivity index (χ0v) is 13.9. The van der Waals surface area contributed by atoms with Crippen molar-refractivity contribution in [3.63, 3.8) is 0 Å². The maximum atomic E-state index is 12.6. The van der Waals surface area contributed by atoms with E-state index in [0.29, 0.717) is 18.1 Å². The molecule has 1 aromatic carbocycles. The number of carbonyl (C=O) groups excluding carboxylic acids is 1.